The topological polar surface area (TPSA) is 26.0 Å². The summed E-state index contributed by atoms with van der Waals surface area (Å²) in [4.78, 5) is 0. The molecule has 1 atom stereocenters. The fraction of sp³-hybridized carbons (Fsp3) is 0.273. The monoisotopic (exact) mass is 287 g/mol. The van der Waals surface area contributed by atoms with Crippen LogP contribution in [0.5, 0.6) is 0 Å². The highest BCUT2D eigenvalue weighted by Gasteiger charge is 2.07. The summed E-state index contributed by atoms with van der Waals surface area (Å²) >= 11 is 2.32. The molecule has 13 heavy (non-hydrogen) atoms. The van der Waals surface area contributed by atoms with E-state index in [1.54, 1.807) is 0 Å². The van der Waals surface area contributed by atoms with E-state index in [1.165, 1.54) is 14.7 Å². The zero-order chi connectivity index (χ0) is 9.84. The van der Waals surface area contributed by atoms with Crippen molar-refractivity contribution in [3.8, 4) is 0 Å². The van der Waals surface area contributed by atoms with E-state index in [9.17, 15) is 0 Å². The maximum absolute atomic E-state index is 6.00. The molecule has 1 aromatic carbocycles. The van der Waals surface area contributed by atoms with Gasteiger partial charge in [-0.05, 0) is 47.6 Å². The lowest BCUT2D eigenvalue weighted by Crippen LogP contribution is -2.10. The first-order valence-electron chi connectivity index (χ1n) is 4.27. The predicted octanol–water partition coefficient (Wildman–Crippen LogP) is 3.18. The van der Waals surface area contributed by atoms with Gasteiger partial charge in [0.05, 0.1) is 0 Å². The maximum Gasteiger partial charge on any atom is 0.0340 e. The molecule has 0 radical (unpaired) electrons. The van der Waals surface area contributed by atoms with Crippen LogP contribution in [0.25, 0.3) is 0 Å². The van der Waals surface area contributed by atoms with Crippen LogP contribution in [0.1, 0.15) is 23.6 Å². The van der Waals surface area contributed by atoms with Gasteiger partial charge in [-0.25, -0.2) is 0 Å². The summed E-state index contributed by atoms with van der Waals surface area (Å²) in [7, 11) is 0. The van der Waals surface area contributed by atoms with Crippen LogP contribution < -0.4 is 5.73 Å². The van der Waals surface area contributed by atoms with Crippen molar-refractivity contribution in [1.82, 2.24) is 0 Å². The molecule has 2 heteroatoms. The van der Waals surface area contributed by atoms with Crippen molar-refractivity contribution >= 4 is 22.6 Å². The van der Waals surface area contributed by atoms with Crippen LogP contribution in [-0.4, -0.2) is 0 Å². The summed E-state index contributed by atoms with van der Waals surface area (Å²) in [6, 6.07) is 6.44. The number of rotatable bonds is 3. The Morgan fingerprint density at radius 3 is 2.92 bits per heavy atom. The van der Waals surface area contributed by atoms with Crippen LogP contribution in [0.15, 0.2) is 30.9 Å². The average molecular weight is 287 g/mol. The normalized spacial score (nSPS) is 12.5. The quantitative estimate of drug-likeness (QED) is 0.670. The molecular formula is C11H14IN. The first-order chi connectivity index (χ1) is 6.15. The van der Waals surface area contributed by atoms with Gasteiger partial charge in [-0.1, -0.05) is 23.8 Å². The predicted molar refractivity (Wildman–Crippen MR) is 65.6 cm³/mol. The van der Waals surface area contributed by atoms with E-state index in [2.05, 4.69) is 54.3 Å². The van der Waals surface area contributed by atoms with Crippen molar-refractivity contribution in [2.75, 3.05) is 0 Å². The lowest BCUT2D eigenvalue weighted by atomic mass is 10.0. The molecule has 0 aromatic heterocycles. The second-order valence-electron chi connectivity index (χ2n) is 3.16. The van der Waals surface area contributed by atoms with E-state index < -0.39 is 0 Å². The van der Waals surface area contributed by atoms with Crippen molar-refractivity contribution in [3.63, 3.8) is 0 Å². The van der Waals surface area contributed by atoms with Crippen molar-refractivity contribution in [1.29, 1.82) is 0 Å². The Labute approximate surface area is 93.2 Å². The van der Waals surface area contributed by atoms with E-state index in [0.717, 1.165) is 6.42 Å². The minimum Gasteiger partial charge on any atom is -0.324 e. The van der Waals surface area contributed by atoms with Crippen LogP contribution >= 0.6 is 22.6 Å². The largest absolute Gasteiger partial charge is 0.324 e. The van der Waals surface area contributed by atoms with Crippen LogP contribution in [-0.2, 0) is 0 Å². The first kappa shape index (κ1) is 10.7. The third-order valence-electron chi connectivity index (χ3n) is 1.97. The van der Waals surface area contributed by atoms with Crippen LogP contribution in [0.3, 0.4) is 0 Å². The molecule has 0 saturated carbocycles. The zero-order valence-electron chi connectivity index (χ0n) is 7.76. The molecule has 0 heterocycles. The van der Waals surface area contributed by atoms with Gasteiger partial charge in [-0.2, -0.15) is 0 Å². The summed E-state index contributed by atoms with van der Waals surface area (Å²) in [6.07, 6.45) is 2.70. The standard InChI is InChI=1S/C11H14IN/c1-3-4-11(13)9-7-8(2)5-6-10(9)12/h3,5-7,11H,1,4,13H2,2H3/t11-/m1/s1. The minimum atomic E-state index is 0.0873. The molecule has 0 aliphatic carbocycles. The molecule has 1 aromatic rings. The lowest BCUT2D eigenvalue weighted by molar-refractivity contribution is 0.736. The molecule has 70 valence electrons. The van der Waals surface area contributed by atoms with Crippen molar-refractivity contribution in [3.05, 3.63) is 45.6 Å². The smallest absolute Gasteiger partial charge is 0.0340 e. The third-order valence-corrected chi connectivity index (χ3v) is 2.95. The summed E-state index contributed by atoms with van der Waals surface area (Å²) < 4.78 is 1.23. The SMILES string of the molecule is C=CC[C@@H](N)c1cc(C)ccc1I. The molecule has 0 unspecified atom stereocenters. The van der Waals surface area contributed by atoms with Gasteiger partial charge in [0, 0.05) is 9.61 Å². The van der Waals surface area contributed by atoms with E-state index in [-0.39, 0.29) is 6.04 Å². The van der Waals surface area contributed by atoms with E-state index in [4.69, 9.17) is 5.73 Å². The molecule has 1 rings (SSSR count). The van der Waals surface area contributed by atoms with Crippen molar-refractivity contribution < 1.29 is 0 Å². The van der Waals surface area contributed by atoms with E-state index in [1.807, 2.05) is 6.08 Å². The molecule has 0 saturated heterocycles. The molecule has 0 bridgehead atoms. The number of aryl methyl sites for hydroxylation is 1. The van der Waals surface area contributed by atoms with Crippen LogP contribution in [0.2, 0.25) is 0 Å². The molecule has 0 aliphatic heterocycles. The van der Waals surface area contributed by atoms with Gasteiger partial charge in [0.2, 0.25) is 0 Å². The lowest BCUT2D eigenvalue weighted by Gasteiger charge is -2.12. The zero-order valence-corrected chi connectivity index (χ0v) is 9.91. The summed E-state index contributed by atoms with van der Waals surface area (Å²) in [5.41, 5.74) is 8.48. The van der Waals surface area contributed by atoms with Crippen LogP contribution in [0, 0.1) is 10.5 Å². The second-order valence-corrected chi connectivity index (χ2v) is 4.32. The number of benzene rings is 1. The Morgan fingerprint density at radius 1 is 1.62 bits per heavy atom. The number of hydrogen-bond acceptors (Lipinski definition) is 1. The molecule has 0 fully saturated rings. The third kappa shape index (κ3) is 2.81. The summed E-state index contributed by atoms with van der Waals surface area (Å²) in [5, 5.41) is 0. The van der Waals surface area contributed by atoms with Gasteiger partial charge in [0.1, 0.15) is 0 Å². The number of nitrogens with two attached hydrogens (primary N) is 1. The summed E-state index contributed by atoms with van der Waals surface area (Å²) in [6.45, 7) is 5.78. The van der Waals surface area contributed by atoms with Gasteiger partial charge in [0.15, 0.2) is 0 Å². The second kappa shape index (κ2) is 4.77. The van der Waals surface area contributed by atoms with Gasteiger partial charge >= 0.3 is 0 Å². The van der Waals surface area contributed by atoms with E-state index in [0.29, 0.717) is 0 Å². The fourth-order valence-corrected chi connectivity index (χ4v) is 1.99. The Morgan fingerprint density at radius 2 is 2.31 bits per heavy atom. The molecular weight excluding hydrogens is 273 g/mol. The highest BCUT2D eigenvalue weighted by Crippen LogP contribution is 2.22. The Bertz CT molecular complexity index is 307. The number of halogens is 1. The molecule has 0 aliphatic rings. The van der Waals surface area contributed by atoms with Gasteiger partial charge in [-0.15, -0.1) is 6.58 Å². The Kier molecular flexibility index (Phi) is 3.93. The first-order valence-corrected chi connectivity index (χ1v) is 5.35. The fourth-order valence-electron chi connectivity index (χ4n) is 1.25. The van der Waals surface area contributed by atoms with Gasteiger partial charge in [-0.3, -0.25) is 0 Å². The average Bonchev–Trinajstić information content (AvgIpc) is 2.09. The highest BCUT2D eigenvalue weighted by molar-refractivity contribution is 14.1. The van der Waals surface area contributed by atoms with Crippen LogP contribution in [0.4, 0.5) is 0 Å². The van der Waals surface area contributed by atoms with Gasteiger partial charge in [0.25, 0.3) is 0 Å². The minimum absolute atomic E-state index is 0.0873. The van der Waals surface area contributed by atoms with Gasteiger partial charge < -0.3 is 5.73 Å². The summed E-state index contributed by atoms with van der Waals surface area (Å²) in [5.74, 6) is 0. The Balaban J connectivity index is 2.97. The van der Waals surface area contributed by atoms with Crippen molar-refractivity contribution in [2.45, 2.75) is 19.4 Å². The molecule has 0 spiro atoms. The molecule has 0 amide bonds. The molecule has 1 nitrogen and oxygen atoms in total. The highest BCUT2D eigenvalue weighted by atomic mass is 127. The van der Waals surface area contributed by atoms with Crippen molar-refractivity contribution in [2.24, 2.45) is 5.73 Å². The molecule has 2 N–H and O–H groups in total. The maximum atomic E-state index is 6.00. The Hall–Kier alpha value is -0.350. The van der Waals surface area contributed by atoms with E-state index >= 15 is 0 Å². The number of hydrogen-bond donors (Lipinski definition) is 1.